The van der Waals surface area contributed by atoms with Gasteiger partial charge in [0.1, 0.15) is 0 Å². The van der Waals surface area contributed by atoms with Crippen molar-refractivity contribution in [3.8, 4) is 0 Å². The Morgan fingerprint density at radius 2 is 1.94 bits per heavy atom. The molecule has 0 aromatic heterocycles. The van der Waals surface area contributed by atoms with Gasteiger partial charge in [-0.3, -0.25) is 4.79 Å². The highest BCUT2D eigenvalue weighted by Crippen LogP contribution is 2.45. The van der Waals surface area contributed by atoms with E-state index in [0.29, 0.717) is 18.1 Å². The predicted octanol–water partition coefficient (Wildman–Crippen LogP) is 2.85. The number of hydrogen-bond acceptors (Lipinski definition) is 3. The Labute approximate surface area is 109 Å². The van der Waals surface area contributed by atoms with Crippen LogP contribution in [0.2, 0.25) is 0 Å². The summed E-state index contributed by atoms with van der Waals surface area (Å²) in [5.41, 5.74) is 1.46. The van der Waals surface area contributed by atoms with Gasteiger partial charge in [-0.1, -0.05) is 19.4 Å². The van der Waals surface area contributed by atoms with Crippen LogP contribution in [0, 0.1) is 11.3 Å². The molecule has 1 aliphatic heterocycles. The molecule has 1 saturated heterocycles. The lowest BCUT2D eigenvalue weighted by atomic mass is 9.74. The number of fused-ring (bicyclic) bond motifs is 1. The number of carbonyl (C=O) groups is 1. The zero-order chi connectivity index (χ0) is 12.8. The van der Waals surface area contributed by atoms with Gasteiger partial charge in [0.25, 0.3) is 0 Å². The molecule has 3 aliphatic rings. The van der Waals surface area contributed by atoms with Crippen molar-refractivity contribution in [2.45, 2.75) is 51.7 Å². The molecule has 1 saturated carbocycles. The van der Waals surface area contributed by atoms with Gasteiger partial charge in [0.15, 0.2) is 11.6 Å². The monoisotopic (exact) mass is 250 g/mol. The van der Waals surface area contributed by atoms with Crippen molar-refractivity contribution in [3.05, 3.63) is 11.6 Å². The van der Waals surface area contributed by atoms with Gasteiger partial charge < -0.3 is 9.47 Å². The van der Waals surface area contributed by atoms with Gasteiger partial charge in [-0.05, 0) is 24.8 Å². The number of ether oxygens (including phenoxy) is 2. The number of carbonyl (C=O) groups excluding carboxylic acids is 1. The van der Waals surface area contributed by atoms with Crippen LogP contribution in [0.15, 0.2) is 11.6 Å². The summed E-state index contributed by atoms with van der Waals surface area (Å²) in [5.74, 6) is 0.430. The Hall–Kier alpha value is -0.670. The smallest absolute Gasteiger partial charge is 0.169 e. The van der Waals surface area contributed by atoms with Crippen molar-refractivity contribution in [1.29, 1.82) is 0 Å². The summed E-state index contributed by atoms with van der Waals surface area (Å²) >= 11 is 0. The first-order valence-electron chi connectivity index (χ1n) is 6.99. The topological polar surface area (TPSA) is 35.5 Å². The van der Waals surface area contributed by atoms with Gasteiger partial charge in [0.05, 0.1) is 13.2 Å². The average molecular weight is 250 g/mol. The van der Waals surface area contributed by atoms with E-state index in [0.717, 1.165) is 38.9 Å². The summed E-state index contributed by atoms with van der Waals surface area (Å²) in [6, 6.07) is 0. The minimum absolute atomic E-state index is 0.129. The Kier molecular flexibility index (Phi) is 2.87. The summed E-state index contributed by atoms with van der Waals surface area (Å²) in [5, 5.41) is 0. The van der Waals surface area contributed by atoms with Crippen LogP contribution >= 0.6 is 0 Å². The van der Waals surface area contributed by atoms with Crippen LogP contribution in [0.5, 0.6) is 0 Å². The molecule has 100 valence electrons. The van der Waals surface area contributed by atoms with Gasteiger partial charge in [0, 0.05) is 24.7 Å². The molecule has 3 rings (SSSR count). The standard InChI is InChI=1S/C15H22O3/c1-14(2)9-17-15(18-10-14)6-5-11-7-13(16)4-3-12(11)8-15/h7,12H,3-6,8-10H2,1-2H3. The van der Waals surface area contributed by atoms with Crippen molar-refractivity contribution in [2.75, 3.05) is 13.2 Å². The fourth-order valence-corrected chi connectivity index (χ4v) is 3.22. The van der Waals surface area contributed by atoms with Crippen molar-refractivity contribution >= 4 is 5.78 Å². The summed E-state index contributed by atoms with van der Waals surface area (Å²) in [6.45, 7) is 5.90. The first-order valence-corrected chi connectivity index (χ1v) is 6.99. The number of hydrogen-bond donors (Lipinski definition) is 0. The fraction of sp³-hybridized carbons (Fsp3) is 0.800. The van der Waals surface area contributed by atoms with Crippen LogP contribution in [0.4, 0.5) is 0 Å². The first kappa shape index (κ1) is 12.4. The summed E-state index contributed by atoms with van der Waals surface area (Å²) in [6.07, 6.45) is 6.32. The van der Waals surface area contributed by atoms with E-state index in [9.17, 15) is 4.79 Å². The molecule has 18 heavy (non-hydrogen) atoms. The lowest BCUT2D eigenvalue weighted by molar-refractivity contribution is -0.311. The van der Waals surface area contributed by atoms with E-state index >= 15 is 0 Å². The van der Waals surface area contributed by atoms with Crippen LogP contribution in [-0.4, -0.2) is 24.8 Å². The van der Waals surface area contributed by atoms with Crippen molar-refractivity contribution < 1.29 is 14.3 Å². The molecule has 2 aliphatic carbocycles. The van der Waals surface area contributed by atoms with Crippen LogP contribution in [0.1, 0.15) is 46.0 Å². The Morgan fingerprint density at radius 1 is 1.22 bits per heavy atom. The Balaban J connectivity index is 1.71. The van der Waals surface area contributed by atoms with Crippen LogP contribution in [0.25, 0.3) is 0 Å². The molecule has 1 heterocycles. The van der Waals surface area contributed by atoms with Crippen molar-refractivity contribution in [1.82, 2.24) is 0 Å². The highest BCUT2D eigenvalue weighted by atomic mass is 16.7. The summed E-state index contributed by atoms with van der Waals surface area (Å²) in [7, 11) is 0. The quantitative estimate of drug-likeness (QED) is 0.663. The zero-order valence-corrected chi connectivity index (χ0v) is 11.3. The third-order valence-corrected chi connectivity index (χ3v) is 4.41. The molecule has 1 spiro atoms. The number of ketones is 1. The molecular weight excluding hydrogens is 228 g/mol. The zero-order valence-electron chi connectivity index (χ0n) is 11.3. The Bertz CT molecular complexity index is 385. The molecule has 3 heteroatoms. The molecule has 1 atom stereocenters. The molecular formula is C15H22O3. The molecule has 0 aromatic carbocycles. The van der Waals surface area contributed by atoms with Gasteiger partial charge in [-0.2, -0.15) is 0 Å². The minimum Gasteiger partial charge on any atom is -0.349 e. The second-order valence-electron chi connectivity index (χ2n) is 6.78. The fourth-order valence-electron chi connectivity index (χ4n) is 3.22. The second-order valence-corrected chi connectivity index (χ2v) is 6.78. The number of rotatable bonds is 0. The minimum atomic E-state index is -0.363. The van der Waals surface area contributed by atoms with Gasteiger partial charge in [0.2, 0.25) is 0 Å². The summed E-state index contributed by atoms with van der Waals surface area (Å²) in [4.78, 5) is 11.4. The maximum absolute atomic E-state index is 11.4. The van der Waals surface area contributed by atoms with Gasteiger partial charge in [-0.15, -0.1) is 0 Å². The normalized spacial score (nSPS) is 34.0. The highest BCUT2D eigenvalue weighted by Gasteiger charge is 2.45. The largest absolute Gasteiger partial charge is 0.349 e. The molecule has 0 aromatic rings. The van der Waals surface area contributed by atoms with Crippen molar-refractivity contribution in [2.24, 2.45) is 11.3 Å². The lowest BCUT2D eigenvalue weighted by Crippen LogP contribution is -2.50. The van der Waals surface area contributed by atoms with E-state index in [1.807, 2.05) is 6.08 Å². The van der Waals surface area contributed by atoms with E-state index in [-0.39, 0.29) is 11.2 Å². The van der Waals surface area contributed by atoms with Crippen molar-refractivity contribution in [3.63, 3.8) is 0 Å². The van der Waals surface area contributed by atoms with E-state index < -0.39 is 0 Å². The second kappa shape index (κ2) is 4.17. The summed E-state index contributed by atoms with van der Waals surface area (Å²) < 4.78 is 12.1. The average Bonchev–Trinajstić information content (AvgIpc) is 2.34. The lowest BCUT2D eigenvalue weighted by Gasteiger charge is -2.48. The van der Waals surface area contributed by atoms with E-state index in [2.05, 4.69) is 13.8 Å². The molecule has 0 N–H and O–H groups in total. The highest BCUT2D eigenvalue weighted by molar-refractivity contribution is 5.91. The van der Waals surface area contributed by atoms with E-state index in [1.165, 1.54) is 5.57 Å². The van der Waals surface area contributed by atoms with E-state index in [1.54, 1.807) is 0 Å². The maximum atomic E-state index is 11.4. The third-order valence-electron chi connectivity index (χ3n) is 4.41. The van der Waals surface area contributed by atoms with Crippen LogP contribution in [0.3, 0.4) is 0 Å². The molecule has 2 fully saturated rings. The SMILES string of the molecule is CC1(C)COC2(CCC3=CC(=O)CCC3C2)OC1. The van der Waals surface area contributed by atoms with Gasteiger partial charge >= 0.3 is 0 Å². The third kappa shape index (κ3) is 2.26. The van der Waals surface area contributed by atoms with Crippen LogP contribution < -0.4 is 0 Å². The predicted molar refractivity (Wildman–Crippen MR) is 68.1 cm³/mol. The molecule has 0 bridgehead atoms. The Morgan fingerprint density at radius 3 is 2.67 bits per heavy atom. The van der Waals surface area contributed by atoms with Crippen LogP contribution in [-0.2, 0) is 14.3 Å². The molecule has 1 unspecified atom stereocenters. The number of allylic oxidation sites excluding steroid dienone is 2. The van der Waals surface area contributed by atoms with E-state index in [4.69, 9.17) is 9.47 Å². The molecule has 3 nitrogen and oxygen atoms in total. The molecule has 0 radical (unpaired) electrons. The maximum Gasteiger partial charge on any atom is 0.169 e. The molecule has 0 amide bonds. The van der Waals surface area contributed by atoms with Gasteiger partial charge in [-0.25, -0.2) is 0 Å². The first-order chi connectivity index (χ1) is 8.48.